The van der Waals surface area contributed by atoms with E-state index in [4.69, 9.17) is 0 Å². The summed E-state index contributed by atoms with van der Waals surface area (Å²) in [5.74, 6) is -0.285. The van der Waals surface area contributed by atoms with Gasteiger partial charge in [0.05, 0.1) is 4.90 Å². The van der Waals surface area contributed by atoms with Gasteiger partial charge in [0.1, 0.15) is 5.70 Å². The Morgan fingerprint density at radius 2 is 1.59 bits per heavy atom. The molecule has 4 rings (SSSR count). The Morgan fingerprint density at radius 3 is 2.34 bits per heavy atom. The lowest BCUT2D eigenvalue weighted by Crippen LogP contribution is -2.39. The normalized spacial score (nSPS) is 16.6. The van der Waals surface area contributed by atoms with E-state index in [1.165, 1.54) is 10.4 Å². The number of carbonyl (C=O) groups excluding carboxylic acids is 1. The van der Waals surface area contributed by atoms with Crippen molar-refractivity contribution in [2.75, 3.05) is 6.54 Å². The van der Waals surface area contributed by atoms with Crippen molar-refractivity contribution in [3.63, 3.8) is 0 Å². The zero-order valence-electron chi connectivity index (χ0n) is 15.7. The lowest BCUT2D eigenvalue weighted by atomic mass is 10.1. The molecule has 0 bridgehead atoms. The van der Waals surface area contributed by atoms with Crippen LogP contribution < -0.4 is 0 Å². The first-order valence-electron chi connectivity index (χ1n) is 9.39. The number of sulfonamides is 1. The number of aromatic nitrogens is 1. The van der Waals surface area contributed by atoms with E-state index >= 15 is 0 Å². The molecular weight excluding hydrogens is 384 g/mol. The molecule has 6 heteroatoms. The molecule has 0 atom stereocenters. The zero-order valence-corrected chi connectivity index (χ0v) is 16.5. The highest BCUT2D eigenvalue weighted by molar-refractivity contribution is 7.89. The molecule has 0 amide bonds. The zero-order chi connectivity index (χ0) is 20.3. The van der Waals surface area contributed by atoms with E-state index in [0.717, 1.165) is 17.5 Å². The molecule has 0 saturated heterocycles. The first-order valence-corrected chi connectivity index (χ1v) is 10.8. The number of Topliss-reactive ketones (excluding diaryl/α,β-unsaturated/α-hetero) is 1. The number of nitrogens with zero attached hydrogens (tertiary/aromatic N) is 2. The number of aryl methyl sites for hydroxylation is 1. The van der Waals surface area contributed by atoms with Gasteiger partial charge in [-0.3, -0.25) is 14.1 Å². The summed E-state index contributed by atoms with van der Waals surface area (Å²) < 4.78 is 27.9. The maximum absolute atomic E-state index is 13.3. The molecule has 5 nitrogen and oxygen atoms in total. The molecule has 0 fully saturated rings. The number of carbonyl (C=O) groups is 1. The van der Waals surface area contributed by atoms with Crippen LogP contribution in [-0.4, -0.2) is 30.0 Å². The topological polar surface area (TPSA) is 67.3 Å². The maximum atomic E-state index is 13.3. The number of fused-ring (bicyclic) bond motifs is 1. The molecular formula is C23H20N2O3S. The van der Waals surface area contributed by atoms with Gasteiger partial charge >= 0.3 is 0 Å². The smallest absolute Gasteiger partial charge is 0.265 e. The largest absolute Gasteiger partial charge is 0.287 e. The molecule has 0 unspecified atom stereocenters. The predicted molar refractivity (Wildman–Crippen MR) is 112 cm³/mol. The van der Waals surface area contributed by atoms with Gasteiger partial charge in [0.15, 0.2) is 0 Å². The standard InChI is InChI=1S/C23H20N2O3S/c26-23-20-10-4-5-11-22(20)29(27,28)25(16-6-9-18-7-2-1-3-8-18)21(23)17-19-12-14-24-15-13-19/h1-5,7-8,10-15,17H,6,9,16H2/b21-17+. The van der Waals surface area contributed by atoms with Crippen LogP contribution in [-0.2, 0) is 16.4 Å². The summed E-state index contributed by atoms with van der Waals surface area (Å²) >= 11 is 0. The van der Waals surface area contributed by atoms with Crippen LogP contribution in [0.4, 0.5) is 0 Å². The fraction of sp³-hybridized carbons (Fsp3) is 0.130. The SMILES string of the molecule is O=C1/C(=C\c2ccncc2)N(CCCc2ccccc2)S(=O)(=O)c2ccccc21. The first-order chi connectivity index (χ1) is 14.1. The number of rotatable bonds is 5. The van der Waals surface area contributed by atoms with Crippen LogP contribution in [0.5, 0.6) is 0 Å². The molecule has 0 spiro atoms. The number of benzene rings is 2. The third-order valence-corrected chi connectivity index (χ3v) is 6.75. The molecule has 0 aliphatic carbocycles. The van der Waals surface area contributed by atoms with E-state index in [9.17, 15) is 13.2 Å². The summed E-state index contributed by atoms with van der Waals surface area (Å²) in [7, 11) is -3.81. The highest BCUT2D eigenvalue weighted by Crippen LogP contribution is 2.33. The van der Waals surface area contributed by atoms with Gasteiger partial charge in [-0.25, -0.2) is 8.42 Å². The van der Waals surface area contributed by atoms with Crippen molar-refractivity contribution in [2.45, 2.75) is 17.7 Å². The summed E-state index contributed by atoms with van der Waals surface area (Å²) in [4.78, 5) is 17.2. The van der Waals surface area contributed by atoms with Crippen molar-refractivity contribution in [3.8, 4) is 0 Å². The highest BCUT2D eigenvalue weighted by Gasteiger charge is 2.38. The minimum atomic E-state index is -3.81. The van der Waals surface area contributed by atoms with Gasteiger partial charge in [0.2, 0.25) is 5.78 Å². The number of ketones is 1. The van der Waals surface area contributed by atoms with Gasteiger partial charge in [-0.1, -0.05) is 42.5 Å². The second kappa shape index (κ2) is 8.01. The predicted octanol–water partition coefficient (Wildman–Crippen LogP) is 3.94. The summed E-state index contributed by atoms with van der Waals surface area (Å²) in [5, 5.41) is 0. The molecule has 0 radical (unpaired) electrons. The highest BCUT2D eigenvalue weighted by atomic mass is 32.2. The number of pyridine rings is 1. The summed E-state index contributed by atoms with van der Waals surface area (Å²) in [5.41, 5.74) is 2.24. The van der Waals surface area contributed by atoms with E-state index in [1.54, 1.807) is 48.8 Å². The number of hydrogen-bond donors (Lipinski definition) is 0. The molecule has 2 heterocycles. The van der Waals surface area contributed by atoms with Crippen molar-refractivity contribution in [1.29, 1.82) is 0 Å². The average molecular weight is 404 g/mol. The third-order valence-electron chi connectivity index (χ3n) is 4.88. The summed E-state index contributed by atoms with van der Waals surface area (Å²) in [6, 6.07) is 19.8. The molecule has 3 aromatic rings. The quantitative estimate of drug-likeness (QED) is 0.604. The second-order valence-corrected chi connectivity index (χ2v) is 8.63. The van der Waals surface area contributed by atoms with Gasteiger partial charge in [-0.2, -0.15) is 0 Å². The molecule has 1 aliphatic rings. The van der Waals surface area contributed by atoms with E-state index in [-0.39, 0.29) is 28.5 Å². The van der Waals surface area contributed by atoms with Crippen LogP contribution in [0, 0.1) is 0 Å². The average Bonchev–Trinajstić information content (AvgIpc) is 2.75. The molecule has 1 aliphatic heterocycles. The first kappa shape index (κ1) is 19.1. The fourth-order valence-electron chi connectivity index (χ4n) is 3.45. The lowest BCUT2D eigenvalue weighted by Gasteiger charge is -2.31. The van der Waals surface area contributed by atoms with Crippen LogP contribution in [0.3, 0.4) is 0 Å². The molecule has 29 heavy (non-hydrogen) atoms. The number of hydrogen-bond acceptors (Lipinski definition) is 4. The third kappa shape index (κ3) is 3.84. The van der Waals surface area contributed by atoms with Crippen LogP contribution >= 0.6 is 0 Å². The van der Waals surface area contributed by atoms with Crippen LogP contribution in [0.2, 0.25) is 0 Å². The Kier molecular flexibility index (Phi) is 5.27. The van der Waals surface area contributed by atoms with Crippen molar-refractivity contribution >= 4 is 21.9 Å². The van der Waals surface area contributed by atoms with E-state index in [1.807, 2.05) is 30.3 Å². The van der Waals surface area contributed by atoms with Crippen molar-refractivity contribution < 1.29 is 13.2 Å². The van der Waals surface area contributed by atoms with Crippen molar-refractivity contribution in [3.05, 3.63) is 102 Å². The summed E-state index contributed by atoms with van der Waals surface area (Å²) in [6.07, 6.45) is 6.18. The van der Waals surface area contributed by atoms with Gasteiger partial charge in [-0.05, 0) is 54.3 Å². The Hall–Kier alpha value is -3.25. The minimum Gasteiger partial charge on any atom is -0.287 e. The van der Waals surface area contributed by atoms with Gasteiger partial charge in [-0.15, -0.1) is 0 Å². The Morgan fingerprint density at radius 1 is 0.897 bits per heavy atom. The van der Waals surface area contributed by atoms with Crippen molar-refractivity contribution in [2.24, 2.45) is 0 Å². The Balaban J connectivity index is 1.72. The number of allylic oxidation sites excluding steroid dienone is 1. The Bertz CT molecular complexity index is 1160. The molecule has 0 saturated carbocycles. The van der Waals surface area contributed by atoms with Gasteiger partial charge in [0.25, 0.3) is 10.0 Å². The molecule has 0 N–H and O–H groups in total. The van der Waals surface area contributed by atoms with Crippen LogP contribution in [0.1, 0.15) is 27.9 Å². The monoisotopic (exact) mass is 404 g/mol. The van der Waals surface area contributed by atoms with E-state index < -0.39 is 10.0 Å². The van der Waals surface area contributed by atoms with Crippen LogP contribution in [0.15, 0.2) is 89.7 Å². The fourth-order valence-corrected chi connectivity index (χ4v) is 5.14. The molecule has 2 aromatic carbocycles. The molecule has 1 aromatic heterocycles. The van der Waals surface area contributed by atoms with Gasteiger partial charge < -0.3 is 0 Å². The summed E-state index contributed by atoms with van der Waals surface area (Å²) in [6.45, 7) is 0.230. The maximum Gasteiger partial charge on any atom is 0.265 e. The molecule has 146 valence electrons. The van der Waals surface area contributed by atoms with E-state index in [0.29, 0.717) is 6.42 Å². The minimum absolute atomic E-state index is 0.0663. The van der Waals surface area contributed by atoms with Crippen molar-refractivity contribution in [1.82, 2.24) is 9.29 Å². The lowest BCUT2D eigenvalue weighted by molar-refractivity contribution is 0.100. The second-order valence-electron chi connectivity index (χ2n) is 6.80. The Labute approximate surface area is 170 Å². The van der Waals surface area contributed by atoms with Crippen LogP contribution in [0.25, 0.3) is 6.08 Å². The van der Waals surface area contributed by atoms with E-state index in [2.05, 4.69) is 4.98 Å². The van der Waals surface area contributed by atoms with Gasteiger partial charge in [0, 0.05) is 24.5 Å².